The number of thiophene rings is 1. The minimum Gasteiger partial charge on any atom is -0.496 e. The topological polar surface area (TPSA) is 29.5 Å². The van der Waals surface area contributed by atoms with Gasteiger partial charge in [0.1, 0.15) is 5.75 Å². The van der Waals surface area contributed by atoms with Crippen molar-refractivity contribution in [1.29, 1.82) is 0 Å². The molecule has 17 heavy (non-hydrogen) atoms. The van der Waals surface area contributed by atoms with Gasteiger partial charge in [-0.3, -0.25) is 0 Å². The molecule has 1 heterocycles. The standard InChI is InChI=1S/C13H13BrO2S/c1-16-13-7-9(14)4-5-11(13)12(15)8-10-3-2-6-17-10/h2-7,12,15H,8H2,1H3. The average molecular weight is 313 g/mol. The van der Waals surface area contributed by atoms with Crippen molar-refractivity contribution >= 4 is 27.3 Å². The van der Waals surface area contributed by atoms with Gasteiger partial charge in [-0.1, -0.05) is 28.1 Å². The van der Waals surface area contributed by atoms with Crippen molar-refractivity contribution in [2.24, 2.45) is 0 Å². The van der Waals surface area contributed by atoms with E-state index in [9.17, 15) is 5.11 Å². The molecule has 1 unspecified atom stereocenters. The zero-order valence-electron chi connectivity index (χ0n) is 9.39. The minimum atomic E-state index is -0.531. The zero-order valence-corrected chi connectivity index (χ0v) is 11.8. The average Bonchev–Trinajstić information content (AvgIpc) is 2.81. The Balaban J connectivity index is 2.21. The van der Waals surface area contributed by atoms with Gasteiger partial charge < -0.3 is 9.84 Å². The zero-order chi connectivity index (χ0) is 12.3. The van der Waals surface area contributed by atoms with Crippen molar-refractivity contribution < 1.29 is 9.84 Å². The van der Waals surface area contributed by atoms with E-state index in [1.54, 1.807) is 18.4 Å². The smallest absolute Gasteiger partial charge is 0.125 e. The third-order valence-corrected chi connectivity index (χ3v) is 3.92. The Morgan fingerprint density at radius 2 is 2.24 bits per heavy atom. The summed E-state index contributed by atoms with van der Waals surface area (Å²) in [5.74, 6) is 0.712. The first-order valence-corrected chi connectivity index (χ1v) is 6.92. The predicted octanol–water partition coefficient (Wildman–Crippen LogP) is 3.80. The third kappa shape index (κ3) is 3.09. The van der Waals surface area contributed by atoms with E-state index in [4.69, 9.17) is 4.74 Å². The Kier molecular flexibility index (Phi) is 4.20. The molecule has 0 aliphatic carbocycles. The van der Waals surface area contributed by atoms with E-state index in [1.165, 1.54) is 4.88 Å². The van der Waals surface area contributed by atoms with E-state index in [0.29, 0.717) is 12.2 Å². The second kappa shape index (κ2) is 5.67. The molecule has 0 amide bonds. The first-order chi connectivity index (χ1) is 8.20. The molecule has 0 saturated carbocycles. The van der Waals surface area contributed by atoms with E-state index in [-0.39, 0.29) is 0 Å². The van der Waals surface area contributed by atoms with Crippen molar-refractivity contribution in [1.82, 2.24) is 0 Å². The molecule has 1 aromatic heterocycles. The Bertz CT molecular complexity index is 482. The van der Waals surface area contributed by atoms with Crippen LogP contribution in [-0.2, 0) is 6.42 Å². The molecule has 0 aliphatic rings. The molecule has 4 heteroatoms. The summed E-state index contributed by atoms with van der Waals surface area (Å²) >= 11 is 5.04. The summed E-state index contributed by atoms with van der Waals surface area (Å²) in [5, 5.41) is 12.2. The molecule has 1 aromatic carbocycles. The summed E-state index contributed by atoms with van der Waals surface area (Å²) in [5.41, 5.74) is 0.823. The van der Waals surface area contributed by atoms with Crippen LogP contribution >= 0.6 is 27.3 Å². The van der Waals surface area contributed by atoms with Crippen molar-refractivity contribution in [2.75, 3.05) is 7.11 Å². The van der Waals surface area contributed by atoms with Crippen LogP contribution in [0.3, 0.4) is 0 Å². The fourth-order valence-electron chi connectivity index (χ4n) is 1.69. The van der Waals surface area contributed by atoms with Crippen molar-refractivity contribution in [2.45, 2.75) is 12.5 Å². The van der Waals surface area contributed by atoms with Gasteiger partial charge in [0.2, 0.25) is 0 Å². The highest BCUT2D eigenvalue weighted by Gasteiger charge is 2.14. The number of aliphatic hydroxyl groups excluding tert-OH is 1. The van der Waals surface area contributed by atoms with Crippen LogP contribution in [0.2, 0.25) is 0 Å². The molecule has 2 aromatic rings. The fourth-order valence-corrected chi connectivity index (χ4v) is 2.77. The lowest BCUT2D eigenvalue weighted by Gasteiger charge is -2.14. The van der Waals surface area contributed by atoms with Gasteiger partial charge in [-0.2, -0.15) is 0 Å². The number of hydrogen-bond acceptors (Lipinski definition) is 3. The van der Waals surface area contributed by atoms with Gasteiger partial charge in [0.05, 0.1) is 13.2 Å². The second-order valence-electron chi connectivity index (χ2n) is 3.69. The number of methoxy groups -OCH3 is 1. The van der Waals surface area contributed by atoms with Gasteiger partial charge in [-0.25, -0.2) is 0 Å². The molecule has 0 bridgehead atoms. The van der Waals surface area contributed by atoms with Crippen LogP contribution in [0.15, 0.2) is 40.2 Å². The van der Waals surface area contributed by atoms with Gasteiger partial charge in [-0.15, -0.1) is 11.3 Å². The molecule has 2 rings (SSSR count). The summed E-state index contributed by atoms with van der Waals surface area (Å²) in [6.45, 7) is 0. The monoisotopic (exact) mass is 312 g/mol. The van der Waals surface area contributed by atoms with E-state index in [0.717, 1.165) is 10.0 Å². The van der Waals surface area contributed by atoms with E-state index >= 15 is 0 Å². The fraction of sp³-hybridized carbons (Fsp3) is 0.231. The highest BCUT2D eigenvalue weighted by atomic mass is 79.9. The normalized spacial score (nSPS) is 12.4. The quantitative estimate of drug-likeness (QED) is 0.930. The molecule has 1 atom stereocenters. The van der Waals surface area contributed by atoms with Crippen molar-refractivity contribution in [3.8, 4) is 5.75 Å². The Hall–Kier alpha value is -0.840. The number of hydrogen-bond donors (Lipinski definition) is 1. The maximum absolute atomic E-state index is 10.2. The number of aliphatic hydroxyl groups is 1. The third-order valence-electron chi connectivity index (χ3n) is 2.53. The predicted molar refractivity (Wildman–Crippen MR) is 73.7 cm³/mol. The minimum absolute atomic E-state index is 0.531. The molecular weight excluding hydrogens is 300 g/mol. The van der Waals surface area contributed by atoms with E-state index < -0.39 is 6.10 Å². The van der Waals surface area contributed by atoms with Gasteiger partial charge in [0.15, 0.2) is 0 Å². The van der Waals surface area contributed by atoms with Crippen LogP contribution in [0.4, 0.5) is 0 Å². The summed E-state index contributed by atoms with van der Waals surface area (Å²) in [4.78, 5) is 1.17. The van der Waals surface area contributed by atoms with E-state index in [2.05, 4.69) is 15.9 Å². The highest BCUT2D eigenvalue weighted by Crippen LogP contribution is 2.31. The molecule has 0 radical (unpaired) electrons. The number of benzene rings is 1. The Morgan fingerprint density at radius 1 is 1.41 bits per heavy atom. The van der Waals surface area contributed by atoms with Gasteiger partial charge in [0.25, 0.3) is 0 Å². The molecular formula is C13H13BrO2S. The SMILES string of the molecule is COc1cc(Br)ccc1C(O)Cc1cccs1. The first kappa shape index (κ1) is 12.6. The van der Waals surface area contributed by atoms with Gasteiger partial charge in [0, 0.05) is 21.3 Å². The van der Waals surface area contributed by atoms with Crippen LogP contribution in [0, 0.1) is 0 Å². The summed E-state index contributed by atoms with van der Waals surface area (Å²) in [6.07, 6.45) is 0.0899. The number of halogens is 1. The second-order valence-corrected chi connectivity index (χ2v) is 5.63. The lowest BCUT2D eigenvalue weighted by Crippen LogP contribution is -2.03. The summed E-state index contributed by atoms with van der Waals surface area (Å²) in [7, 11) is 1.61. The first-order valence-electron chi connectivity index (χ1n) is 5.24. The maximum Gasteiger partial charge on any atom is 0.125 e. The van der Waals surface area contributed by atoms with Crippen LogP contribution < -0.4 is 4.74 Å². The van der Waals surface area contributed by atoms with Gasteiger partial charge >= 0.3 is 0 Å². The largest absolute Gasteiger partial charge is 0.496 e. The number of rotatable bonds is 4. The number of ether oxygens (including phenoxy) is 1. The molecule has 1 N–H and O–H groups in total. The molecule has 0 saturated heterocycles. The lowest BCUT2D eigenvalue weighted by molar-refractivity contribution is 0.175. The van der Waals surface area contributed by atoms with Crippen LogP contribution in [0.1, 0.15) is 16.5 Å². The molecule has 2 nitrogen and oxygen atoms in total. The summed E-state index contributed by atoms with van der Waals surface area (Å²) in [6, 6.07) is 9.69. The Morgan fingerprint density at radius 3 is 2.88 bits per heavy atom. The van der Waals surface area contributed by atoms with E-state index in [1.807, 2.05) is 35.7 Å². The molecule has 0 aliphatic heterocycles. The summed E-state index contributed by atoms with van der Waals surface area (Å²) < 4.78 is 6.23. The van der Waals surface area contributed by atoms with Crippen LogP contribution in [-0.4, -0.2) is 12.2 Å². The molecule has 90 valence electrons. The van der Waals surface area contributed by atoms with Crippen molar-refractivity contribution in [3.63, 3.8) is 0 Å². The van der Waals surface area contributed by atoms with Crippen molar-refractivity contribution in [3.05, 3.63) is 50.6 Å². The van der Waals surface area contributed by atoms with Gasteiger partial charge in [-0.05, 0) is 23.6 Å². The Labute approximate surface area is 113 Å². The molecule has 0 fully saturated rings. The van der Waals surface area contributed by atoms with Crippen LogP contribution in [0.25, 0.3) is 0 Å². The highest BCUT2D eigenvalue weighted by molar-refractivity contribution is 9.10. The van der Waals surface area contributed by atoms with Crippen LogP contribution in [0.5, 0.6) is 5.75 Å². The maximum atomic E-state index is 10.2. The lowest BCUT2D eigenvalue weighted by atomic mass is 10.0. The molecule has 0 spiro atoms.